The van der Waals surface area contributed by atoms with E-state index in [2.05, 4.69) is 21.4 Å². The number of amides is 2. The molecule has 10 nitrogen and oxygen atoms in total. The minimum absolute atomic E-state index is 0.0518. The van der Waals surface area contributed by atoms with Gasteiger partial charge in [0.25, 0.3) is 11.8 Å². The predicted octanol–water partition coefficient (Wildman–Crippen LogP) is 4.16. The third-order valence-corrected chi connectivity index (χ3v) is 10.4. The van der Waals surface area contributed by atoms with Crippen LogP contribution in [0.5, 0.6) is 0 Å². The zero-order valence-corrected chi connectivity index (χ0v) is 26.4. The molecule has 234 valence electrons. The van der Waals surface area contributed by atoms with Crippen molar-refractivity contribution in [3.8, 4) is 11.3 Å². The van der Waals surface area contributed by atoms with Gasteiger partial charge in [0.1, 0.15) is 0 Å². The maximum Gasteiger partial charge on any atom is 0.303 e. The molecule has 0 unspecified atom stereocenters. The largest absolute Gasteiger partial charge is 0.382 e. The van der Waals surface area contributed by atoms with Gasteiger partial charge in [0.05, 0.1) is 30.5 Å². The van der Waals surface area contributed by atoms with Gasteiger partial charge in [0.15, 0.2) is 0 Å². The number of fused-ring (bicyclic) bond motifs is 5. The van der Waals surface area contributed by atoms with Crippen LogP contribution < -0.4 is 4.72 Å². The first kappa shape index (κ1) is 30.5. The van der Waals surface area contributed by atoms with Crippen LogP contribution in [-0.2, 0) is 30.9 Å². The van der Waals surface area contributed by atoms with E-state index in [4.69, 9.17) is 9.47 Å². The van der Waals surface area contributed by atoms with Gasteiger partial charge in [-0.2, -0.15) is 12.7 Å². The lowest BCUT2D eigenvalue weighted by Gasteiger charge is -2.33. The highest BCUT2D eigenvalue weighted by molar-refractivity contribution is 7.87. The Labute approximate surface area is 258 Å². The van der Waals surface area contributed by atoms with Gasteiger partial charge in [-0.1, -0.05) is 49.6 Å². The van der Waals surface area contributed by atoms with Crippen LogP contribution in [0.1, 0.15) is 59.5 Å². The SMILES string of the molecule is COC[C@@H]1CN(C(=O)C2=Cn3c(c(C4CCCCC4)c4ccc(C(=O)NS(=O)(=O)N(C)C)cc43)-c3ccccc3C2)CCO1. The summed E-state index contributed by atoms with van der Waals surface area (Å²) in [5.41, 5.74) is 6.07. The molecule has 2 fully saturated rings. The summed E-state index contributed by atoms with van der Waals surface area (Å²) in [6, 6.07) is 13.6. The first-order valence-electron chi connectivity index (χ1n) is 15.3. The van der Waals surface area contributed by atoms with E-state index in [0.29, 0.717) is 44.2 Å². The summed E-state index contributed by atoms with van der Waals surface area (Å²) in [5, 5.41) is 1.02. The number of aromatic nitrogens is 1. The molecule has 3 aliphatic rings. The Morgan fingerprint density at radius 2 is 1.86 bits per heavy atom. The highest BCUT2D eigenvalue weighted by Gasteiger charge is 2.32. The van der Waals surface area contributed by atoms with E-state index in [1.54, 1.807) is 19.2 Å². The summed E-state index contributed by atoms with van der Waals surface area (Å²) < 4.78 is 41.2. The number of morpholine rings is 1. The Kier molecular flexibility index (Phi) is 8.65. The second-order valence-electron chi connectivity index (χ2n) is 12.1. The Morgan fingerprint density at radius 1 is 1.09 bits per heavy atom. The zero-order valence-electron chi connectivity index (χ0n) is 25.5. The van der Waals surface area contributed by atoms with Gasteiger partial charge >= 0.3 is 10.2 Å². The number of rotatable bonds is 7. The molecule has 3 aromatic rings. The monoisotopic (exact) mass is 620 g/mol. The number of ether oxygens (including phenoxy) is 2. The van der Waals surface area contributed by atoms with Crippen molar-refractivity contribution in [1.29, 1.82) is 0 Å². The third kappa shape index (κ3) is 5.81. The molecule has 3 heterocycles. The quantitative estimate of drug-likeness (QED) is 0.425. The van der Waals surface area contributed by atoms with Crippen molar-refractivity contribution in [3.63, 3.8) is 0 Å². The molecule has 0 spiro atoms. The lowest BCUT2D eigenvalue weighted by atomic mass is 9.81. The van der Waals surface area contributed by atoms with Crippen LogP contribution in [-0.4, -0.2) is 87.6 Å². The van der Waals surface area contributed by atoms with E-state index in [1.807, 2.05) is 29.3 Å². The Morgan fingerprint density at radius 3 is 2.61 bits per heavy atom. The van der Waals surface area contributed by atoms with Crippen molar-refractivity contribution in [2.45, 2.75) is 50.5 Å². The summed E-state index contributed by atoms with van der Waals surface area (Å²) in [6.07, 6.45) is 7.89. The summed E-state index contributed by atoms with van der Waals surface area (Å²) in [4.78, 5) is 29.2. The molecule has 1 saturated heterocycles. The van der Waals surface area contributed by atoms with Crippen LogP contribution >= 0.6 is 0 Å². The summed E-state index contributed by atoms with van der Waals surface area (Å²) >= 11 is 0. The highest BCUT2D eigenvalue weighted by atomic mass is 32.2. The molecule has 44 heavy (non-hydrogen) atoms. The van der Waals surface area contributed by atoms with Gasteiger partial charge in [-0.25, -0.2) is 4.72 Å². The second kappa shape index (κ2) is 12.5. The number of benzene rings is 2. The van der Waals surface area contributed by atoms with Crippen molar-refractivity contribution in [1.82, 2.24) is 18.5 Å². The van der Waals surface area contributed by atoms with Crippen LogP contribution in [0.4, 0.5) is 0 Å². The van der Waals surface area contributed by atoms with Crippen molar-refractivity contribution in [3.05, 3.63) is 64.7 Å². The van der Waals surface area contributed by atoms with Gasteiger partial charge < -0.3 is 18.9 Å². The number of nitrogens with one attached hydrogen (secondary N) is 1. The number of carbonyl (C=O) groups is 2. The van der Waals surface area contributed by atoms with E-state index >= 15 is 0 Å². The van der Waals surface area contributed by atoms with Crippen LogP contribution in [0.2, 0.25) is 0 Å². The minimum atomic E-state index is -3.97. The van der Waals surface area contributed by atoms with Crippen LogP contribution in [0.25, 0.3) is 28.4 Å². The van der Waals surface area contributed by atoms with Crippen molar-refractivity contribution >= 4 is 39.1 Å². The van der Waals surface area contributed by atoms with E-state index in [-0.39, 0.29) is 17.6 Å². The fourth-order valence-corrected chi connectivity index (χ4v) is 7.33. The molecule has 11 heteroatoms. The summed E-state index contributed by atoms with van der Waals surface area (Å²) in [7, 11) is 0.397. The lowest BCUT2D eigenvalue weighted by Crippen LogP contribution is -2.47. The fraction of sp³-hybridized carbons (Fsp3) is 0.455. The zero-order chi connectivity index (χ0) is 31.0. The number of carbonyl (C=O) groups excluding carboxylic acids is 2. The highest BCUT2D eigenvalue weighted by Crippen LogP contribution is 2.46. The molecule has 6 rings (SSSR count). The maximum atomic E-state index is 14.1. The first-order valence-corrected chi connectivity index (χ1v) is 16.7. The standard InChI is InChI=1S/C33H40N4O6S/c1-35(2)44(40,41)34-32(38)24-13-14-28-29(18-24)37-19-25(33(39)36-15-16-43-26(20-36)21-42-3)17-23-11-7-8-12-27(23)31(37)30(28)22-9-5-4-6-10-22/h7-8,11-14,18-19,22,26H,4-6,9-10,15-17,20-21H2,1-3H3,(H,34,38)/t26-/m0/s1. The topological polar surface area (TPSA) is 110 Å². The number of methoxy groups -OCH3 is 1. The molecule has 1 atom stereocenters. The van der Waals surface area contributed by atoms with E-state index in [1.165, 1.54) is 26.1 Å². The molecule has 1 aromatic heterocycles. The molecule has 2 amide bonds. The minimum Gasteiger partial charge on any atom is -0.382 e. The van der Waals surface area contributed by atoms with E-state index in [9.17, 15) is 18.0 Å². The Balaban J connectivity index is 1.53. The third-order valence-electron chi connectivity index (χ3n) is 9.01. The molecule has 1 N–H and O–H groups in total. The number of nitrogens with zero attached hydrogens (tertiary/aromatic N) is 3. The predicted molar refractivity (Wildman–Crippen MR) is 169 cm³/mol. The molecule has 0 radical (unpaired) electrons. The average molecular weight is 621 g/mol. The fourth-order valence-electron chi connectivity index (χ4n) is 6.80. The van der Waals surface area contributed by atoms with Crippen LogP contribution in [0, 0.1) is 0 Å². The van der Waals surface area contributed by atoms with Crippen LogP contribution in [0.3, 0.4) is 0 Å². The molecule has 1 saturated carbocycles. The number of hydrogen-bond donors (Lipinski definition) is 1. The number of hydrogen-bond acceptors (Lipinski definition) is 6. The smallest absolute Gasteiger partial charge is 0.303 e. The van der Waals surface area contributed by atoms with Gasteiger partial charge in [-0.05, 0) is 42.0 Å². The molecular weight excluding hydrogens is 580 g/mol. The molecule has 0 bridgehead atoms. The second-order valence-corrected chi connectivity index (χ2v) is 14.0. The Hall–Kier alpha value is -3.51. The lowest BCUT2D eigenvalue weighted by molar-refractivity contribution is -0.136. The van der Waals surface area contributed by atoms with Gasteiger partial charge in [0.2, 0.25) is 0 Å². The molecule has 1 aliphatic carbocycles. The summed E-state index contributed by atoms with van der Waals surface area (Å²) in [5.74, 6) is -0.421. The molecule has 2 aromatic carbocycles. The first-order chi connectivity index (χ1) is 21.2. The van der Waals surface area contributed by atoms with E-state index < -0.39 is 16.1 Å². The molecular formula is C33H40N4O6S. The maximum absolute atomic E-state index is 14.1. The van der Waals surface area contributed by atoms with Crippen molar-refractivity contribution < 1.29 is 27.5 Å². The van der Waals surface area contributed by atoms with Gasteiger partial charge in [-0.3, -0.25) is 9.59 Å². The Bertz CT molecular complexity index is 1720. The molecule has 2 aliphatic heterocycles. The average Bonchev–Trinajstić information content (AvgIpc) is 3.23. The van der Waals surface area contributed by atoms with Gasteiger partial charge in [0, 0.05) is 69.0 Å². The van der Waals surface area contributed by atoms with Gasteiger partial charge in [-0.15, -0.1) is 0 Å². The summed E-state index contributed by atoms with van der Waals surface area (Å²) in [6.45, 7) is 1.80. The van der Waals surface area contributed by atoms with E-state index in [0.717, 1.165) is 57.7 Å². The van der Waals surface area contributed by atoms with Crippen LogP contribution in [0.15, 0.2) is 48.0 Å². The normalized spacial score (nSPS) is 19.3. The van der Waals surface area contributed by atoms with Crippen molar-refractivity contribution in [2.24, 2.45) is 0 Å². The van der Waals surface area contributed by atoms with Crippen molar-refractivity contribution in [2.75, 3.05) is 47.5 Å².